The average molecular weight is 503 g/mol. The molecule has 3 aliphatic rings. The molecule has 0 bridgehead atoms. The number of allylic oxidation sites excluding steroid dienone is 2. The van der Waals surface area contributed by atoms with Gasteiger partial charge in [-0.1, -0.05) is 36.4 Å². The van der Waals surface area contributed by atoms with E-state index < -0.39 is 0 Å². The summed E-state index contributed by atoms with van der Waals surface area (Å²) in [6.07, 6.45) is 5.76. The first-order chi connectivity index (χ1) is 18.0. The molecule has 2 atom stereocenters. The van der Waals surface area contributed by atoms with Gasteiger partial charge < -0.3 is 14.4 Å². The lowest BCUT2D eigenvalue weighted by molar-refractivity contribution is -0.138. The van der Waals surface area contributed by atoms with Gasteiger partial charge in [0.1, 0.15) is 0 Å². The fourth-order valence-electron chi connectivity index (χ4n) is 5.34. The number of hydrogen-bond acceptors (Lipinski definition) is 6. The second-order valence-electron chi connectivity index (χ2n) is 9.95. The van der Waals surface area contributed by atoms with E-state index in [1.165, 1.54) is 0 Å². The average Bonchev–Trinajstić information content (AvgIpc) is 2.93. The molecule has 0 saturated carbocycles. The maximum absolute atomic E-state index is 13.4. The summed E-state index contributed by atoms with van der Waals surface area (Å²) < 4.78 is 10.9. The van der Waals surface area contributed by atoms with Gasteiger partial charge in [0.25, 0.3) is 0 Å². The number of carbonyl (C=O) groups is 2. The van der Waals surface area contributed by atoms with Gasteiger partial charge in [0.05, 0.1) is 38.9 Å². The maximum atomic E-state index is 13.4. The number of nitrogens with zero attached hydrogens (tertiary/aromatic N) is 4. The van der Waals surface area contributed by atoms with E-state index in [2.05, 4.69) is 41.3 Å². The van der Waals surface area contributed by atoms with E-state index >= 15 is 0 Å². The molecule has 0 N–H and O–H groups in total. The first kappa shape index (κ1) is 25.0. The molecule has 37 heavy (non-hydrogen) atoms. The second kappa shape index (κ2) is 10.8. The quantitative estimate of drug-likeness (QED) is 0.543. The van der Waals surface area contributed by atoms with Crippen LogP contribution in [-0.2, 0) is 22.7 Å². The minimum absolute atomic E-state index is 0.0422. The number of ether oxygens (including phenoxy) is 2. The molecule has 1 aliphatic carbocycles. The van der Waals surface area contributed by atoms with E-state index in [4.69, 9.17) is 14.6 Å². The summed E-state index contributed by atoms with van der Waals surface area (Å²) in [6.45, 7) is 3.23. The summed E-state index contributed by atoms with van der Waals surface area (Å²) in [5.41, 5.74) is 4.02. The first-order valence-corrected chi connectivity index (χ1v) is 12.8. The molecule has 8 heteroatoms. The van der Waals surface area contributed by atoms with Crippen molar-refractivity contribution in [2.45, 2.75) is 25.9 Å². The van der Waals surface area contributed by atoms with E-state index in [9.17, 15) is 9.59 Å². The zero-order chi connectivity index (χ0) is 25.9. The lowest BCUT2D eigenvalue weighted by Crippen LogP contribution is -2.47. The predicted molar refractivity (Wildman–Crippen MR) is 141 cm³/mol. The number of methoxy groups -OCH3 is 2. The van der Waals surface area contributed by atoms with Crippen molar-refractivity contribution in [2.75, 3.05) is 40.9 Å². The molecular formula is C29H34N4O4. The summed E-state index contributed by atoms with van der Waals surface area (Å²) in [7, 11) is 5.09. The Kier molecular flexibility index (Phi) is 7.28. The van der Waals surface area contributed by atoms with Crippen molar-refractivity contribution in [3.05, 3.63) is 71.3 Å². The monoisotopic (exact) mass is 502 g/mol. The van der Waals surface area contributed by atoms with Crippen LogP contribution in [0.3, 0.4) is 0 Å². The van der Waals surface area contributed by atoms with Crippen LogP contribution in [0.15, 0.2) is 59.7 Å². The highest BCUT2D eigenvalue weighted by molar-refractivity contribution is 6.07. The summed E-state index contributed by atoms with van der Waals surface area (Å²) in [4.78, 5) is 29.4. The zero-order valence-corrected chi connectivity index (χ0v) is 21.7. The van der Waals surface area contributed by atoms with E-state index in [1.807, 2.05) is 25.2 Å². The number of fused-ring (bicyclic) bond motifs is 1. The van der Waals surface area contributed by atoms with Gasteiger partial charge >= 0.3 is 0 Å². The van der Waals surface area contributed by atoms with Gasteiger partial charge in [0.15, 0.2) is 11.5 Å². The van der Waals surface area contributed by atoms with Crippen LogP contribution < -0.4 is 9.47 Å². The molecule has 1 saturated heterocycles. The zero-order valence-electron chi connectivity index (χ0n) is 21.7. The van der Waals surface area contributed by atoms with Gasteiger partial charge in [-0.25, -0.2) is 5.01 Å². The molecule has 2 aromatic rings. The van der Waals surface area contributed by atoms with Crippen LogP contribution in [0.2, 0.25) is 0 Å². The molecule has 0 aromatic heterocycles. The number of hydrazone groups is 1. The molecule has 2 aromatic carbocycles. The van der Waals surface area contributed by atoms with E-state index in [-0.39, 0.29) is 23.7 Å². The summed E-state index contributed by atoms with van der Waals surface area (Å²) in [6, 6.07) is 14.1. The van der Waals surface area contributed by atoms with Crippen molar-refractivity contribution in [2.24, 2.45) is 16.9 Å². The van der Waals surface area contributed by atoms with Gasteiger partial charge in [0.2, 0.25) is 11.8 Å². The molecule has 5 rings (SSSR count). The number of benzene rings is 2. The van der Waals surface area contributed by atoms with E-state index in [0.717, 1.165) is 54.9 Å². The number of rotatable bonds is 7. The minimum Gasteiger partial charge on any atom is -0.493 e. The molecule has 0 radical (unpaired) electrons. The Hall–Kier alpha value is -3.65. The molecule has 2 heterocycles. The normalized spacial score (nSPS) is 22.1. The molecule has 2 aliphatic heterocycles. The SMILES string of the molecule is COc1ccc(C2=NN(Cc3ccc(CN4CCN(C)C(=O)C4)cc3)C(=O)C3CC=CCC23)cc1OC. The van der Waals surface area contributed by atoms with Gasteiger partial charge in [-0.15, -0.1) is 0 Å². The molecule has 0 spiro atoms. The third-order valence-electron chi connectivity index (χ3n) is 7.56. The minimum atomic E-state index is -0.125. The largest absolute Gasteiger partial charge is 0.493 e. The van der Waals surface area contributed by atoms with Crippen molar-refractivity contribution in [3.63, 3.8) is 0 Å². The Morgan fingerprint density at radius 1 is 0.865 bits per heavy atom. The molecule has 1 fully saturated rings. The Morgan fingerprint density at radius 3 is 2.22 bits per heavy atom. The van der Waals surface area contributed by atoms with Gasteiger partial charge in [-0.2, -0.15) is 5.10 Å². The Morgan fingerprint density at radius 2 is 1.54 bits per heavy atom. The number of hydrogen-bond donors (Lipinski definition) is 0. The van der Waals surface area contributed by atoms with Crippen LogP contribution in [-0.4, -0.2) is 73.2 Å². The third-order valence-corrected chi connectivity index (χ3v) is 7.56. The smallest absolute Gasteiger partial charge is 0.247 e. The highest BCUT2D eigenvalue weighted by Crippen LogP contribution is 2.37. The Balaban J connectivity index is 1.36. The number of likely N-dealkylation sites (N-methyl/N-ethyl adjacent to an activating group) is 1. The number of amides is 2. The molecular weight excluding hydrogens is 468 g/mol. The highest BCUT2D eigenvalue weighted by atomic mass is 16.5. The van der Waals surface area contributed by atoms with Crippen molar-refractivity contribution in [3.8, 4) is 11.5 Å². The second-order valence-corrected chi connectivity index (χ2v) is 9.95. The topological polar surface area (TPSA) is 74.7 Å². The van der Waals surface area contributed by atoms with Crippen molar-refractivity contribution >= 4 is 17.5 Å². The predicted octanol–water partition coefficient (Wildman–Crippen LogP) is 3.31. The van der Waals surface area contributed by atoms with Gasteiger partial charge in [-0.3, -0.25) is 14.5 Å². The lowest BCUT2D eigenvalue weighted by Gasteiger charge is -2.37. The number of carbonyl (C=O) groups excluding carboxylic acids is 2. The summed E-state index contributed by atoms with van der Waals surface area (Å²) in [5.74, 6) is 1.45. The van der Waals surface area contributed by atoms with Gasteiger partial charge in [-0.05, 0) is 42.2 Å². The standard InChI is InChI=1S/C29H34N4O4/c1-31-14-15-32(19-27(31)34)17-20-8-10-21(11-9-20)18-33-29(35)24-7-5-4-6-23(24)28(30-33)22-12-13-25(36-2)26(16-22)37-3/h4-5,8-13,16,23-24H,6-7,14-15,17-19H2,1-3H3. The lowest BCUT2D eigenvalue weighted by atomic mass is 9.76. The fourth-order valence-corrected chi connectivity index (χ4v) is 5.34. The molecule has 194 valence electrons. The molecule has 8 nitrogen and oxygen atoms in total. The van der Waals surface area contributed by atoms with E-state index in [0.29, 0.717) is 24.6 Å². The third kappa shape index (κ3) is 5.25. The fraction of sp³-hybridized carbons (Fsp3) is 0.414. The Labute approximate surface area is 218 Å². The van der Waals surface area contributed by atoms with Crippen LogP contribution >= 0.6 is 0 Å². The van der Waals surface area contributed by atoms with Crippen LogP contribution in [0.1, 0.15) is 29.5 Å². The van der Waals surface area contributed by atoms with Crippen LogP contribution in [0.4, 0.5) is 0 Å². The Bertz CT molecular complexity index is 1220. The molecule has 2 amide bonds. The molecule has 2 unspecified atom stereocenters. The van der Waals surface area contributed by atoms with Crippen LogP contribution in [0, 0.1) is 11.8 Å². The highest BCUT2D eigenvalue weighted by Gasteiger charge is 2.40. The summed E-state index contributed by atoms with van der Waals surface area (Å²) >= 11 is 0. The van der Waals surface area contributed by atoms with Crippen LogP contribution in [0.5, 0.6) is 11.5 Å². The van der Waals surface area contributed by atoms with E-state index in [1.54, 1.807) is 24.1 Å². The first-order valence-electron chi connectivity index (χ1n) is 12.8. The van der Waals surface area contributed by atoms with Crippen molar-refractivity contribution in [1.82, 2.24) is 14.8 Å². The van der Waals surface area contributed by atoms with Crippen molar-refractivity contribution in [1.29, 1.82) is 0 Å². The van der Waals surface area contributed by atoms with Crippen LogP contribution in [0.25, 0.3) is 0 Å². The maximum Gasteiger partial charge on any atom is 0.247 e. The van der Waals surface area contributed by atoms with Gasteiger partial charge in [0, 0.05) is 38.2 Å². The van der Waals surface area contributed by atoms with Crippen molar-refractivity contribution < 1.29 is 19.1 Å². The number of piperazine rings is 1. The summed E-state index contributed by atoms with van der Waals surface area (Å²) in [5, 5.41) is 6.52.